The van der Waals surface area contributed by atoms with Crippen LogP contribution in [0.2, 0.25) is 0 Å². The molecule has 0 radical (unpaired) electrons. The van der Waals surface area contributed by atoms with Gasteiger partial charge in [-0.3, -0.25) is 0 Å². The third-order valence-corrected chi connectivity index (χ3v) is 2.00. The molecule has 0 aromatic carbocycles. The van der Waals surface area contributed by atoms with Gasteiger partial charge in [0.25, 0.3) is 0 Å². The van der Waals surface area contributed by atoms with E-state index in [0.717, 1.165) is 9.26 Å². The topological polar surface area (TPSA) is 26.0 Å². The van der Waals surface area contributed by atoms with E-state index in [1.54, 1.807) is 6.26 Å². The van der Waals surface area contributed by atoms with Crippen LogP contribution >= 0.6 is 22.6 Å². The molecule has 0 N–H and O–H groups in total. The first-order valence-corrected chi connectivity index (χ1v) is 4.20. The molecule has 0 bridgehead atoms. The highest BCUT2D eigenvalue weighted by atomic mass is 127. The van der Waals surface area contributed by atoms with Gasteiger partial charge in [-0.25, -0.2) is 0 Å². The second-order valence-corrected chi connectivity index (χ2v) is 4.42. The van der Waals surface area contributed by atoms with Crippen molar-refractivity contribution in [1.29, 1.82) is 0 Å². The van der Waals surface area contributed by atoms with E-state index in [9.17, 15) is 0 Å². The third-order valence-electron chi connectivity index (χ3n) is 1.24. The second-order valence-electron chi connectivity index (χ2n) is 3.26. The van der Waals surface area contributed by atoms with Gasteiger partial charge in [0.15, 0.2) is 0 Å². The van der Waals surface area contributed by atoms with Crippen LogP contribution in [0.1, 0.15) is 26.5 Å². The highest BCUT2D eigenvalue weighted by molar-refractivity contribution is 14.1. The van der Waals surface area contributed by atoms with Crippen molar-refractivity contribution in [3.63, 3.8) is 0 Å². The first-order chi connectivity index (χ1) is 4.52. The molecule has 1 heterocycles. The maximum Gasteiger partial charge on any atom is 0.137 e. The van der Waals surface area contributed by atoms with Crippen LogP contribution < -0.4 is 0 Å². The molecular formula is C7H10INO. The SMILES string of the molecule is CC(C)(C)c1nocc1I. The average Bonchev–Trinajstić information content (AvgIpc) is 2.11. The fourth-order valence-corrected chi connectivity index (χ4v) is 1.74. The van der Waals surface area contributed by atoms with E-state index >= 15 is 0 Å². The van der Waals surface area contributed by atoms with Crippen molar-refractivity contribution in [2.75, 3.05) is 0 Å². The minimum atomic E-state index is 0.101. The molecule has 0 saturated carbocycles. The molecule has 0 spiro atoms. The van der Waals surface area contributed by atoms with Gasteiger partial charge in [-0.1, -0.05) is 25.9 Å². The fourth-order valence-electron chi connectivity index (χ4n) is 0.720. The van der Waals surface area contributed by atoms with Crippen LogP contribution in [0.4, 0.5) is 0 Å². The molecule has 0 unspecified atom stereocenters. The second kappa shape index (κ2) is 2.53. The van der Waals surface area contributed by atoms with Crippen molar-refractivity contribution in [3.8, 4) is 0 Å². The normalized spacial score (nSPS) is 12.0. The van der Waals surface area contributed by atoms with Crippen LogP contribution in [-0.4, -0.2) is 5.16 Å². The highest BCUT2D eigenvalue weighted by Crippen LogP contribution is 2.24. The Labute approximate surface area is 74.1 Å². The number of nitrogens with zero attached hydrogens (tertiary/aromatic N) is 1. The van der Waals surface area contributed by atoms with E-state index in [-0.39, 0.29) is 5.41 Å². The van der Waals surface area contributed by atoms with Crippen LogP contribution in [0.3, 0.4) is 0 Å². The van der Waals surface area contributed by atoms with Gasteiger partial charge in [0, 0.05) is 5.41 Å². The highest BCUT2D eigenvalue weighted by Gasteiger charge is 2.20. The monoisotopic (exact) mass is 251 g/mol. The van der Waals surface area contributed by atoms with Crippen molar-refractivity contribution in [1.82, 2.24) is 5.16 Å². The fraction of sp³-hybridized carbons (Fsp3) is 0.571. The first kappa shape index (κ1) is 8.04. The number of aromatic nitrogens is 1. The summed E-state index contributed by atoms with van der Waals surface area (Å²) in [7, 11) is 0. The number of hydrogen-bond donors (Lipinski definition) is 0. The predicted octanol–water partition coefficient (Wildman–Crippen LogP) is 2.58. The van der Waals surface area contributed by atoms with Gasteiger partial charge in [0.1, 0.15) is 12.0 Å². The number of halogens is 1. The molecule has 1 aromatic rings. The van der Waals surface area contributed by atoms with Gasteiger partial charge in [0.2, 0.25) is 0 Å². The minimum Gasteiger partial charge on any atom is -0.363 e. The lowest BCUT2D eigenvalue weighted by Gasteiger charge is -2.13. The molecule has 1 aromatic heterocycles. The van der Waals surface area contributed by atoms with Crippen LogP contribution in [0.5, 0.6) is 0 Å². The van der Waals surface area contributed by atoms with Crippen molar-refractivity contribution < 1.29 is 4.52 Å². The van der Waals surface area contributed by atoms with Gasteiger partial charge in [-0.2, -0.15) is 0 Å². The van der Waals surface area contributed by atoms with Gasteiger partial charge in [0.05, 0.1) is 3.57 Å². The van der Waals surface area contributed by atoms with Gasteiger partial charge < -0.3 is 4.52 Å². The van der Waals surface area contributed by atoms with Gasteiger partial charge in [-0.05, 0) is 22.6 Å². The summed E-state index contributed by atoms with van der Waals surface area (Å²) in [5.41, 5.74) is 1.14. The molecule has 56 valence electrons. The van der Waals surface area contributed by atoms with Crippen LogP contribution in [0.25, 0.3) is 0 Å². The smallest absolute Gasteiger partial charge is 0.137 e. The molecule has 0 amide bonds. The van der Waals surface area contributed by atoms with Crippen molar-refractivity contribution in [3.05, 3.63) is 15.5 Å². The molecule has 0 atom stereocenters. The molecular weight excluding hydrogens is 241 g/mol. The van der Waals surface area contributed by atoms with E-state index in [1.165, 1.54) is 0 Å². The van der Waals surface area contributed by atoms with Crippen LogP contribution in [0, 0.1) is 3.57 Å². The number of rotatable bonds is 0. The molecule has 3 heteroatoms. The zero-order chi connectivity index (χ0) is 7.78. The van der Waals surface area contributed by atoms with E-state index in [0.29, 0.717) is 0 Å². The molecule has 0 aliphatic rings. The maximum absolute atomic E-state index is 4.81. The molecule has 0 aliphatic carbocycles. The molecule has 10 heavy (non-hydrogen) atoms. The van der Waals surface area contributed by atoms with Crippen molar-refractivity contribution in [2.24, 2.45) is 0 Å². The van der Waals surface area contributed by atoms with Crippen molar-refractivity contribution >= 4 is 22.6 Å². The Morgan fingerprint density at radius 1 is 1.50 bits per heavy atom. The van der Waals surface area contributed by atoms with Gasteiger partial charge in [-0.15, -0.1) is 0 Å². The molecule has 2 nitrogen and oxygen atoms in total. The van der Waals surface area contributed by atoms with E-state index in [1.807, 2.05) is 0 Å². The number of hydrogen-bond acceptors (Lipinski definition) is 2. The Balaban J connectivity index is 3.05. The Hall–Kier alpha value is -0.0600. The summed E-state index contributed by atoms with van der Waals surface area (Å²) in [6.07, 6.45) is 1.67. The lowest BCUT2D eigenvalue weighted by atomic mass is 9.93. The summed E-state index contributed by atoms with van der Waals surface area (Å²) in [6.45, 7) is 6.35. The molecule has 0 fully saturated rings. The third kappa shape index (κ3) is 1.51. The summed E-state index contributed by atoms with van der Waals surface area (Å²) in [4.78, 5) is 0. The Morgan fingerprint density at radius 3 is 2.30 bits per heavy atom. The molecule has 0 saturated heterocycles. The molecule has 0 aliphatic heterocycles. The van der Waals surface area contributed by atoms with E-state index in [2.05, 4.69) is 48.5 Å². The summed E-state index contributed by atoms with van der Waals surface area (Å²) in [5, 5.41) is 3.90. The summed E-state index contributed by atoms with van der Waals surface area (Å²) < 4.78 is 5.92. The standard InChI is InChI=1S/C7H10INO/c1-7(2,3)6-5(8)4-10-9-6/h4H,1-3H3. The van der Waals surface area contributed by atoms with Gasteiger partial charge >= 0.3 is 0 Å². The summed E-state index contributed by atoms with van der Waals surface area (Å²) in [5.74, 6) is 0. The van der Waals surface area contributed by atoms with Crippen LogP contribution in [-0.2, 0) is 5.41 Å². The quantitative estimate of drug-likeness (QED) is 0.662. The summed E-state index contributed by atoms with van der Waals surface area (Å²) in [6, 6.07) is 0. The first-order valence-electron chi connectivity index (χ1n) is 3.12. The Bertz CT molecular complexity index is 224. The Morgan fingerprint density at radius 2 is 2.10 bits per heavy atom. The lowest BCUT2D eigenvalue weighted by molar-refractivity contribution is 0.393. The van der Waals surface area contributed by atoms with Crippen molar-refractivity contribution in [2.45, 2.75) is 26.2 Å². The van der Waals surface area contributed by atoms with E-state index < -0.39 is 0 Å². The maximum atomic E-state index is 4.81. The van der Waals surface area contributed by atoms with E-state index in [4.69, 9.17) is 4.52 Å². The predicted molar refractivity (Wildman–Crippen MR) is 47.9 cm³/mol. The minimum absolute atomic E-state index is 0.101. The molecule has 1 rings (SSSR count). The summed E-state index contributed by atoms with van der Waals surface area (Å²) >= 11 is 2.22. The Kier molecular flexibility index (Phi) is 2.03. The average molecular weight is 251 g/mol. The lowest BCUT2D eigenvalue weighted by Crippen LogP contribution is -2.12. The van der Waals surface area contributed by atoms with Crippen LogP contribution in [0.15, 0.2) is 10.8 Å². The zero-order valence-electron chi connectivity index (χ0n) is 6.31. The zero-order valence-corrected chi connectivity index (χ0v) is 8.47. The largest absolute Gasteiger partial charge is 0.363 e.